The maximum absolute atomic E-state index is 14.6. The van der Waals surface area contributed by atoms with Crippen molar-refractivity contribution in [1.82, 2.24) is 9.55 Å². The molecule has 4 rings (SSSR count). The van der Waals surface area contributed by atoms with Crippen molar-refractivity contribution in [3.05, 3.63) is 52.8 Å². The SMILES string of the molecule is C[C@H]1[C@H]2[C@@]1(Cn1ccnc1)SC(N)=N[C@]2(CF)c1cc(Br)ccc1F. The van der Waals surface area contributed by atoms with Crippen molar-refractivity contribution in [2.24, 2.45) is 22.6 Å². The first-order valence-corrected chi connectivity index (χ1v) is 9.55. The van der Waals surface area contributed by atoms with Crippen LogP contribution in [0.15, 0.2) is 46.4 Å². The Labute approximate surface area is 157 Å². The molecule has 4 atom stereocenters. The third kappa shape index (κ3) is 2.44. The molecule has 0 bridgehead atoms. The number of hydrogen-bond donors (Lipinski definition) is 1. The van der Waals surface area contributed by atoms with Crippen LogP contribution in [-0.4, -0.2) is 26.1 Å². The van der Waals surface area contributed by atoms with Gasteiger partial charge in [0.15, 0.2) is 5.17 Å². The first-order valence-electron chi connectivity index (χ1n) is 7.94. The molecule has 0 saturated heterocycles. The van der Waals surface area contributed by atoms with Crippen LogP contribution in [0, 0.1) is 17.7 Å². The van der Waals surface area contributed by atoms with E-state index in [4.69, 9.17) is 5.73 Å². The van der Waals surface area contributed by atoms with Gasteiger partial charge in [0.25, 0.3) is 0 Å². The van der Waals surface area contributed by atoms with Gasteiger partial charge in [0.05, 0.1) is 11.1 Å². The van der Waals surface area contributed by atoms with Crippen LogP contribution in [0.4, 0.5) is 8.78 Å². The molecule has 2 N–H and O–H groups in total. The highest BCUT2D eigenvalue weighted by molar-refractivity contribution is 9.10. The zero-order chi connectivity index (χ0) is 17.8. The zero-order valence-electron chi connectivity index (χ0n) is 13.5. The molecule has 1 saturated carbocycles. The highest BCUT2D eigenvalue weighted by atomic mass is 79.9. The maximum atomic E-state index is 14.6. The molecule has 4 nitrogen and oxygen atoms in total. The Bertz CT molecular complexity index is 843. The lowest BCUT2D eigenvalue weighted by Gasteiger charge is -2.35. The van der Waals surface area contributed by atoms with Gasteiger partial charge in [-0.05, 0) is 24.1 Å². The summed E-state index contributed by atoms with van der Waals surface area (Å²) in [5.41, 5.74) is 5.06. The molecule has 1 aromatic heterocycles. The van der Waals surface area contributed by atoms with Gasteiger partial charge in [0.2, 0.25) is 0 Å². The molecule has 0 amide bonds. The Morgan fingerprint density at radius 2 is 2.24 bits per heavy atom. The summed E-state index contributed by atoms with van der Waals surface area (Å²) in [5.74, 6) is -0.465. The first kappa shape index (κ1) is 17.0. The van der Waals surface area contributed by atoms with Gasteiger partial charge in [0.1, 0.15) is 18.0 Å². The number of aliphatic imine (C=N–C) groups is 1. The van der Waals surface area contributed by atoms with Crippen molar-refractivity contribution < 1.29 is 8.78 Å². The predicted octanol–water partition coefficient (Wildman–Crippen LogP) is 3.72. The van der Waals surface area contributed by atoms with Crippen LogP contribution in [-0.2, 0) is 12.1 Å². The minimum atomic E-state index is -1.29. The van der Waals surface area contributed by atoms with Crippen molar-refractivity contribution in [2.75, 3.05) is 6.67 Å². The van der Waals surface area contributed by atoms with Crippen LogP contribution in [0.2, 0.25) is 0 Å². The van der Waals surface area contributed by atoms with Crippen LogP contribution in [0.25, 0.3) is 0 Å². The second-order valence-electron chi connectivity index (χ2n) is 6.69. The van der Waals surface area contributed by atoms with E-state index in [0.717, 1.165) is 0 Å². The van der Waals surface area contributed by atoms with E-state index in [1.807, 2.05) is 10.8 Å². The van der Waals surface area contributed by atoms with Crippen molar-refractivity contribution in [2.45, 2.75) is 23.8 Å². The molecular weight excluding hydrogens is 410 g/mol. The van der Waals surface area contributed by atoms with Gasteiger partial charge in [-0.25, -0.2) is 18.8 Å². The Morgan fingerprint density at radius 3 is 2.92 bits per heavy atom. The predicted molar refractivity (Wildman–Crippen MR) is 98.6 cm³/mol. The zero-order valence-corrected chi connectivity index (χ0v) is 15.9. The summed E-state index contributed by atoms with van der Waals surface area (Å²) in [6.45, 7) is 1.91. The molecule has 2 aromatic rings. The molecule has 25 heavy (non-hydrogen) atoms. The summed E-state index contributed by atoms with van der Waals surface area (Å²) in [6.07, 6.45) is 5.31. The minimum Gasteiger partial charge on any atom is -0.378 e. The summed E-state index contributed by atoms with van der Waals surface area (Å²) in [5, 5.41) is 0.303. The molecule has 1 aliphatic carbocycles. The topological polar surface area (TPSA) is 56.2 Å². The highest BCUT2D eigenvalue weighted by Gasteiger charge is 2.73. The number of halogens is 3. The maximum Gasteiger partial charge on any atom is 0.155 e. The fraction of sp³-hybridized carbons (Fsp3) is 0.412. The number of aromatic nitrogens is 2. The number of imidazole rings is 1. The Balaban J connectivity index is 1.83. The fourth-order valence-corrected chi connectivity index (χ4v) is 6.19. The van der Waals surface area contributed by atoms with Gasteiger partial charge in [-0.2, -0.15) is 0 Å². The summed E-state index contributed by atoms with van der Waals surface area (Å²) in [6, 6.07) is 4.56. The number of hydrogen-bond acceptors (Lipinski definition) is 4. The van der Waals surface area contributed by atoms with Crippen molar-refractivity contribution in [1.29, 1.82) is 0 Å². The van der Waals surface area contributed by atoms with Gasteiger partial charge < -0.3 is 10.3 Å². The Morgan fingerprint density at radius 1 is 1.44 bits per heavy atom. The normalized spacial score (nSPS) is 33.7. The lowest BCUT2D eigenvalue weighted by Crippen LogP contribution is -2.41. The lowest BCUT2D eigenvalue weighted by molar-refractivity contribution is 0.254. The molecule has 1 fully saturated rings. The second-order valence-corrected chi connectivity index (χ2v) is 8.99. The van der Waals surface area contributed by atoms with E-state index in [9.17, 15) is 8.78 Å². The van der Waals surface area contributed by atoms with E-state index in [-0.39, 0.29) is 22.1 Å². The number of nitrogens with zero attached hydrogens (tertiary/aromatic N) is 3. The molecular formula is C17H17BrF2N4S. The largest absolute Gasteiger partial charge is 0.378 e. The molecule has 0 unspecified atom stereocenters. The summed E-state index contributed by atoms with van der Waals surface area (Å²) < 4.78 is 31.4. The number of nitrogens with two attached hydrogens (primary N) is 1. The quantitative estimate of drug-likeness (QED) is 0.810. The smallest absolute Gasteiger partial charge is 0.155 e. The second kappa shape index (κ2) is 5.81. The van der Waals surface area contributed by atoms with Crippen LogP contribution in [0.1, 0.15) is 12.5 Å². The van der Waals surface area contributed by atoms with Gasteiger partial charge in [-0.1, -0.05) is 34.6 Å². The lowest BCUT2D eigenvalue weighted by atomic mass is 9.84. The van der Waals surface area contributed by atoms with E-state index in [1.54, 1.807) is 24.7 Å². The van der Waals surface area contributed by atoms with E-state index in [2.05, 4.69) is 32.8 Å². The molecule has 2 aliphatic rings. The van der Waals surface area contributed by atoms with E-state index in [0.29, 0.717) is 16.2 Å². The van der Waals surface area contributed by atoms with E-state index < -0.39 is 18.0 Å². The van der Waals surface area contributed by atoms with Crippen LogP contribution in [0.3, 0.4) is 0 Å². The van der Waals surface area contributed by atoms with Gasteiger partial charge >= 0.3 is 0 Å². The molecule has 132 valence electrons. The summed E-state index contributed by atoms with van der Waals surface area (Å²) >= 11 is 4.83. The Kier molecular flexibility index (Phi) is 3.95. The molecule has 1 aromatic carbocycles. The van der Waals surface area contributed by atoms with Crippen LogP contribution in [0.5, 0.6) is 0 Å². The van der Waals surface area contributed by atoms with E-state index in [1.165, 1.54) is 17.8 Å². The molecule has 8 heteroatoms. The standard InChI is InChI=1S/C17H17BrF2N4S/c1-10-14-16(7-19,12-6-11(18)2-3-13(12)20)23-15(21)25-17(10,14)8-24-5-4-22-9-24/h2-6,9-10,14H,7-8H2,1H3,(H2,21,23)/t10-,14+,16+,17-/m0/s1. The molecule has 1 aliphatic heterocycles. The molecule has 0 radical (unpaired) electrons. The molecule has 0 spiro atoms. The van der Waals surface area contributed by atoms with E-state index >= 15 is 0 Å². The highest BCUT2D eigenvalue weighted by Crippen LogP contribution is 2.70. The average Bonchev–Trinajstić information content (AvgIpc) is 2.94. The average molecular weight is 427 g/mol. The summed E-state index contributed by atoms with van der Waals surface area (Å²) in [4.78, 5) is 8.52. The third-order valence-electron chi connectivity index (χ3n) is 5.39. The van der Waals surface area contributed by atoms with Crippen LogP contribution >= 0.6 is 27.7 Å². The van der Waals surface area contributed by atoms with Crippen molar-refractivity contribution in [3.63, 3.8) is 0 Å². The number of benzene rings is 1. The summed E-state index contributed by atoms with van der Waals surface area (Å²) in [7, 11) is 0. The number of fused-ring (bicyclic) bond motifs is 1. The van der Waals surface area contributed by atoms with Crippen LogP contribution < -0.4 is 5.73 Å². The third-order valence-corrected chi connectivity index (χ3v) is 7.32. The first-order chi connectivity index (χ1) is 11.9. The number of rotatable bonds is 4. The monoisotopic (exact) mass is 426 g/mol. The fourth-order valence-electron chi connectivity index (χ4n) is 4.24. The van der Waals surface area contributed by atoms with Gasteiger partial charge in [-0.15, -0.1) is 0 Å². The van der Waals surface area contributed by atoms with Gasteiger partial charge in [0, 0.05) is 34.9 Å². The minimum absolute atomic E-state index is 0.138. The number of thioether (sulfide) groups is 1. The van der Waals surface area contributed by atoms with Crippen molar-refractivity contribution in [3.8, 4) is 0 Å². The number of alkyl halides is 1. The van der Waals surface area contributed by atoms with Crippen molar-refractivity contribution >= 4 is 32.9 Å². The Hall–Kier alpha value is -1.41. The van der Waals surface area contributed by atoms with Gasteiger partial charge in [-0.3, -0.25) is 0 Å². The number of amidine groups is 1. The molecule has 2 heterocycles.